The summed E-state index contributed by atoms with van der Waals surface area (Å²) in [6.45, 7) is 3.29. The van der Waals surface area contributed by atoms with Crippen molar-refractivity contribution < 1.29 is 9.90 Å². The highest BCUT2D eigenvalue weighted by Gasteiger charge is 2.27. The van der Waals surface area contributed by atoms with Gasteiger partial charge in [0.1, 0.15) is 11.8 Å². The van der Waals surface area contributed by atoms with Crippen molar-refractivity contribution in [1.82, 2.24) is 9.88 Å². The molecule has 0 spiro atoms. The summed E-state index contributed by atoms with van der Waals surface area (Å²) in [7, 11) is 0. The summed E-state index contributed by atoms with van der Waals surface area (Å²) in [6.07, 6.45) is 1.67. The first-order chi connectivity index (χ1) is 9.15. The molecule has 0 aliphatic carbocycles. The molecule has 1 aromatic heterocycles. The SMILES string of the molecule is Cc1nc(C(=O)N2CCC(CCO)C2)ccc1C#N. The fourth-order valence-electron chi connectivity index (χ4n) is 2.40. The number of nitriles is 1. The van der Waals surface area contributed by atoms with Crippen LogP contribution in [0.3, 0.4) is 0 Å². The van der Waals surface area contributed by atoms with Crippen LogP contribution < -0.4 is 0 Å². The molecule has 5 nitrogen and oxygen atoms in total. The summed E-state index contributed by atoms with van der Waals surface area (Å²) in [5, 5.41) is 17.8. The Morgan fingerprint density at radius 3 is 3.05 bits per heavy atom. The van der Waals surface area contributed by atoms with Crippen molar-refractivity contribution in [3.05, 3.63) is 29.1 Å². The lowest BCUT2D eigenvalue weighted by Gasteiger charge is -2.16. The maximum absolute atomic E-state index is 12.3. The van der Waals surface area contributed by atoms with Gasteiger partial charge >= 0.3 is 0 Å². The first-order valence-corrected chi connectivity index (χ1v) is 6.43. The molecule has 5 heteroatoms. The zero-order valence-corrected chi connectivity index (χ0v) is 11.0. The molecule has 2 heterocycles. The average Bonchev–Trinajstić information content (AvgIpc) is 2.87. The number of aliphatic hydroxyl groups is 1. The Labute approximate surface area is 112 Å². The number of nitrogens with zero attached hydrogens (tertiary/aromatic N) is 3. The number of amides is 1. The predicted molar refractivity (Wildman–Crippen MR) is 69.4 cm³/mol. The van der Waals surface area contributed by atoms with Gasteiger partial charge in [0, 0.05) is 19.7 Å². The standard InChI is InChI=1S/C14H17N3O2/c1-10-12(8-15)2-3-13(16-10)14(19)17-6-4-11(9-17)5-7-18/h2-3,11,18H,4-7,9H2,1H3. The molecule has 1 fully saturated rings. The van der Waals surface area contributed by atoms with Crippen LogP contribution in [-0.2, 0) is 0 Å². The number of carbonyl (C=O) groups excluding carboxylic acids is 1. The van der Waals surface area contributed by atoms with Crippen molar-refractivity contribution in [2.24, 2.45) is 5.92 Å². The van der Waals surface area contributed by atoms with E-state index in [-0.39, 0.29) is 12.5 Å². The van der Waals surface area contributed by atoms with Crippen LogP contribution in [0.15, 0.2) is 12.1 Å². The van der Waals surface area contributed by atoms with Crippen LogP contribution >= 0.6 is 0 Å². The Hall–Kier alpha value is -1.93. The van der Waals surface area contributed by atoms with E-state index in [0.29, 0.717) is 36.0 Å². The Bertz CT molecular complexity index is 522. The number of pyridine rings is 1. The molecule has 1 amide bonds. The van der Waals surface area contributed by atoms with Gasteiger partial charge in [-0.2, -0.15) is 5.26 Å². The molecule has 0 aromatic carbocycles. The summed E-state index contributed by atoms with van der Waals surface area (Å²) in [6, 6.07) is 5.28. The first-order valence-electron chi connectivity index (χ1n) is 6.43. The van der Waals surface area contributed by atoms with Crippen LogP contribution in [0.4, 0.5) is 0 Å². The second kappa shape index (κ2) is 5.81. The van der Waals surface area contributed by atoms with Crippen LogP contribution in [0.25, 0.3) is 0 Å². The zero-order chi connectivity index (χ0) is 13.8. The quantitative estimate of drug-likeness (QED) is 0.882. The number of aromatic nitrogens is 1. The van der Waals surface area contributed by atoms with Crippen LogP contribution in [0, 0.1) is 24.2 Å². The molecule has 0 bridgehead atoms. The number of aryl methyl sites for hydroxylation is 1. The highest BCUT2D eigenvalue weighted by atomic mass is 16.3. The van der Waals surface area contributed by atoms with Crippen LogP contribution in [0.5, 0.6) is 0 Å². The van der Waals surface area contributed by atoms with Gasteiger partial charge < -0.3 is 10.0 Å². The van der Waals surface area contributed by atoms with Crippen LogP contribution in [0.2, 0.25) is 0 Å². The lowest BCUT2D eigenvalue weighted by molar-refractivity contribution is 0.0778. The van der Waals surface area contributed by atoms with Gasteiger partial charge in [-0.25, -0.2) is 4.98 Å². The molecule has 0 radical (unpaired) electrons. The molecular formula is C14H17N3O2. The van der Waals surface area contributed by atoms with E-state index in [1.54, 1.807) is 24.0 Å². The molecule has 1 aliphatic heterocycles. The third-order valence-corrected chi connectivity index (χ3v) is 3.54. The maximum Gasteiger partial charge on any atom is 0.272 e. The van der Waals surface area contributed by atoms with E-state index < -0.39 is 0 Å². The van der Waals surface area contributed by atoms with Crippen molar-refractivity contribution in [2.75, 3.05) is 19.7 Å². The van der Waals surface area contributed by atoms with Crippen molar-refractivity contribution in [2.45, 2.75) is 19.8 Å². The van der Waals surface area contributed by atoms with Gasteiger partial charge in [0.05, 0.1) is 11.3 Å². The third-order valence-electron chi connectivity index (χ3n) is 3.54. The largest absolute Gasteiger partial charge is 0.396 e. The Balaban J connectivity index is 2.09. The number of aliphatic hydroxyl groups excluding tert-OH is 1. The molecule has 19 heavy (non-hydrogen) atoms. The van der Waals surface area contributed by atoms with E-state index in [0.717, 1.165) is 12.8 Å². The van der Waals surface area contributed by atoms with Crippen LogP contribution in [-0.4, -0.2) is 40.6 Å². The number of carbonyl (C=O) groups is 1. The van der Waals surface area contributed by atoms with E-state index in [1.807, 2.05) is 6.07 Å². The Morgan fingerprint density at radius 2 is 2.42 bits per heavy atom. The van der Waals surface area contributed by atoms with Gasteiger partial charge in [-0.05, 0) is 37.8 Å². The zero-order valence-electron chi connectivity index (χ0n) is 11.0. The second-order valence-electron chi connectivity index (χ2n) is 4.86. The molecule has 1 aromatic rings. The predicted octanol–water partition coefficient (Wildman–Crippen LogP) is 1.11. The molecule has 0 saturated carbocycles. The van der Waals surface area contributed by atoms with Gasteiger partial charge in [0.2, 0.25) is 0 Å². The highest BCUT2D eigenvalue weighted by molar-refractivity contribution is 5.92. The summed E-state index contributed by atoms with van der Waals surface area (Å²) >= 11 is 0. The fraction of sp³-hybridized carbons (Fsp3) is 0.500. The number of hydrogen-bond acceptors (Lipinski definition) is 4. The number of likely N-dealkylation sites (tertiary alicyclic amines) is 1. The minimum atomic E-state index is -0.0898. The third kappa shape index (κ3) is 2.91. The van der Waals surface area contributed by atoms with Gasteiger partial charge in [-0.1, -0.05) is 0 Å². The molecule has 1 unspecified atom stereocenters. The van der Waals surface area contributed by atoms with Gasteiger partial charge in [0.15, 0.2) is 0 Å². The van der Waals surface area contributed by atoms with Crippen molar-refractivity contribution in [3.63, 3.8) is 0 Å². The fourth-order valence-corrected chi connectivity index (χ4v) is 2.40. The minimum absolute atomic E-state index is 0.0898. The topological polar surface area (TPSA) is 77.2 Å². The normalized spacial score (nSPS) is 18.4. The summed E-state index contributed by atoms with van der Waals surface area (Å²) < 4.78 is 0. The monoisotopic (exact) mass is 259 g/mol. The maximum atomic E-state index is 12.3. The van der Waals surface area contributed by atoms with E-state index in [9.17, 15) is 4.79 Å². The molecule has 1 aliphatic rings. The average molecular weight is 259 g/mol. The van der Waals surface area contributed by atoms with E-state index in [1.165, 1.54) is 0 Å². The van der Waals surface area contributed by atoms with E-state index >= 15 is 0 Å². The smallest absolute Gasteiger partial charge is 0.272 e. The van der Waals surface area contributed by atoms with E-state index in [2.05, 4.69) is 4.98 Å². The first kappa shape index (κ1) is 13.5. The lowest BCUT2D eigenvalue weighted by Crippen LogP contribution is -2.29. The van der Waals surface area contributed by atoms with Gasteiger partial charge in [-0.15, -0.1) is 0 Å². The number of rotatable bonds is 3. The van der Waals surface area contributed by atoms with Crippen molar-refractivity contribution >= 4 is 5.91 Å². The second-order valence-corrected chi connectivity index (χ2v) is 4.86. The highest BCUT2D eigenvalue weighted by Crippen LogP contribution is 2.21. The van der Waals surface area contributed by atoms with Crippen LogP contribution in [0.1, 0.15) is 34.6 Å². The van der Waals surface area contributed by atoms with Crippen molar-refractivity contribution in [1.29, 1.82) is 5.26 Å². The molecule has 2 rings (SSSR count). The van der Waals surface area contributed by atoms with Gasteiger partial charge in [-0.3, -0.25) is 4.79 Å². The Morgan fingerprint density at radius 1 is 1.63 bits per heavy atom. The Kier molecular flexibility index (Phi) is 4.13. The minimum Gasteiger partial charge on any atom is -0.396 e. The summed E-state index contributed by atoms with van der Waals surface area (Å²) in [5.41, 5.74) is 1.47. The molecule has 1 saturated heterocycles. The molecule has 100 valence electrons. The summed E-state index contributed by atoms with van der Waals surface area (Å²) in [4.78, 5) is 18.2. The molecule has 1 N–H and O–H groups in total. The van der Waals surface area contributed by atoms with E-state index in [4.69, 9.17) is 10.4 Å². The number of hydrogen-bond donors (Lipinski definition) is 1. The lowest BCUT2D eigenvalue weighted by atomic mass is 10.1. The molecular weight excluding hydrogens is 242 g/mol. The van der Waals surface area contributed by atoms with Crippen molar-refractivity contribution in [3.8, 4) is 6.07 Å². The molecule has 1 atom stereocenters. The van der Waals surface area contributed by atoms with Gasteiger partial charge in [0.25, 0.3) is 5.91 Å². The summed E-state index contributed by atoms with van der Waals surface area (Å²) in [5.74, 6) is 0.293.